The average Bonchev–Trinajstić information content (AvgIpc) is 3.43. The third kappa shape index (κ3) is 4.04. The molecule has 0 bridgehead atoms. The van der Waals surface area contributed by atoms with Crippen molar-refractivity contribution in [2.45, 2.75) is 39.0 Å². The van der Waals surface area contributed by atoms with Crippen molar-refractivity contribution in [1.82, 2.24) is 14.9 Å². The quantitative estimate of drug-likeness (QED) is 0.594. The zero-order valence-electron chi connectivity index (χ0n) is 19.9. The number of rotatable bonds is 5. The van der Waals surface area contributed by atoms with E-state index in [1.54, 1.807) is 0 Å². The van der Waals surface area contributed by atoms with E-state index in [0.717, 1.165) is 77.9 Å². The lowest BCUT2D eigenvalue weighted by Crippen LogP contribution is -2.48. The smallest absolute Gasteiger partial charge is 0.254 e. The molecule has 2 N–H and O–H groups in total. The number of anilines is 1. The number of aromatic amines is 1. The monoisotopic (exact) mass is 444 g/mol. The van der Waals surface area contributed by atoms with E-state index >= 15 is 0 Å². The van der Waals surface area contributed by atoms with Crippen LogP contribution in [0.3, 0.4) is 0 Å². The highest BCUT2D eigenvalue weighted by Crippen LogP contribution is 2.34. The number of hydrogen-bond donors (Lipinski definition) is 2. The van der Waals surface area contributed by atoms with Crippen LogP contribution in [0.25, 0.3) is 11.3 Å². The second-order valence-corrected chi connectivity index (χ2v) is 9.42. The molecule has 0 saturated carbocycles. The Kier molecular flexibility index (Phi) is 5.71. The van der Waals surface area contributed by atoms with Crippen LogP contribution >= 0.6 is 0 Å². The summed E-state index contributed by atoms with van der Waals surface area (Å²) in [6.45, 7) is 9.20. The maximum absolute atomic E-state index is 13.4. The second kappa shape index (κ2) is 8.67. The summed E-state index contributed by atoms with van der Waals surface area (Å²) in [5.41, 5.74) is 8.32. The number of carbonyl (C=O) groups excluding carboxylic acids is 1. The first-order chi connectivity index (χ1) is 15.9. The molecule has 5 rings (SSSR count). The number of likely N-dealkylation sites (tertiary alicyclic amines) is 1. The van der Waals surface area contributed by atoms with Gasteiger partial charge in [-0.05, 0) is 62.1 Å². The molecular formula is C27H32N4O2. The van der Waals surface area contributed by atoms with Crippen LogP contribution in [0.2, 0.25) is 0 Å². The van der Waals surface area contributed by atoms with E-state index < -0.39 is 0 Å². The van der Waals surface area contributed by atoms with Gasteiger partial charge in [0.2, 0.25) is 0 Å². The Morgan fingerprint density at radius 2 is 1.85 bits per heavy atom. The Morgan fingerprint density at radius 1 is 1.09 bits per heavy atom. The molecule has 1 atom stereocenters. The van der Waals surface area contributed by atoms with Gasteiger partial charge in [-0.2, -0.15) is 0 Å². The molecule has 2 aliphatic heterocycles. The molecule has 2 saturated heterocycles. The number of nitrogens with one attached hydrogen (secondary N) is 2. The van der Waals surface area contributed by atoms with Crippen molar-refractivity contribution in [3.05, 3.63) is 70.2 Å². The largest absolute Gasteiger partial charge is 0.388 e. The maximum Gasteiger partial charge on any atom is 0.254 e. The fraction of sp³-hybridized carbons (Fsp3) is 0.407. The normalized spacial score (nSPS) is 18.4. The average molecular weight is 445 g/mol. The maximum atomic E-state index is 13.4. The Morgan fingerprint density at radius 3 is 2.52 bits per heavy atom. The molecule has 2 fully saturated rings. The van der Waals surface area contributed by atoms with Gasteiger partial charge in [-0.1, -0.05) is 18.2 Å². The van der Waals surface area contributed by atoms with Crippen molar-refractivity contribution >= 4 is 11.6 Å². The second-order valence-electron chi connectivity index (χ2n) is 9.42. The molecule has 1 aromatic heterocycles. The summed E-state index contributed by atoms with van der Waals surface area (Å²) >= 11 is 0. The molecule has 2 aliphatic rings. The van der Waals surface area contributed by atoms with Gasteiger partial charge < -0.3 is 19.9 Å². The first-order valence-corrected chi connectivity index (χ1v) is 11.8. The number of hydrogen-bond acceptors (Lipinski definition) is 4. The minimum absolute atomic E-state index is 0.106. The number of ether oxygens (including phenoxy) is 1. The van der Waals surface area contributed by atoms with Gasteiger partial charge in [-0.25, -0.2) is 4.98 Å². The van der Waals surface area contributed by atoms with Crippen LogP contribution < -0.4 is 5.32 Å². The van der Waals surface area contributed by atoms with E-state index in [4.69, 9.17) is 9.72 Å². The van der Waals surface area contributed by atoms with E-state index in [-0.39, 0.29) is 5.91 Å². The summed E-state index contributed by atoms with van der Waals surface area (Å²) in [6.07, 6.45) is 0.997. The standard InChI is InChI=1S/C27H32N4O2/c1-16-11-17(2)24(12-23(16)25-18(3)29-26(30-25)20-9-10-33-15-20)27(32)31-13-21(14-31)19-5-7-22(28-4)8-6-19/h5-8,11-12,20-21,28H,9-10,13-15H2,1-4H3,(H,29,30). The highest BCUT2D eigenvalue weighted by Gasteiger charge is 2.33. The Bertz CT molecular complexity index is 1170. The molecule has 2 aromatic carbocycles. The van der Waals surface area contributed by atoms with Crippen LogP contribution in [-0.2, 0) is 4.74 Å². The fourth-order valence-corrected chi connectivity index (χ4v) is 4.97. The molecule has 0 radical (unpaired) electrons. The van der Waals surface area contributed by atoms with Crippen LogP contribution in [-0.4, -0.2) is 54.1 Å². The minimum atomic E-state index is 0.106. The van der Waals surface area contributed by atoms with E-state index in [0.29, 0.717) is 11.8 Å². The number of aryl methyl sites for hydroxylation is 3. The Labute approximate surface area is 195 Å². The van der Waals surface area contributed by atoms with Crippen molar-refractivity contribution in [2.24, 2.45) is 0 Å². The summed E-state index contributed by atoms with van der Waals surface area (Å²) in [5.74, 6) is 1.82. The third-order valence-corrected chi connectivity index (χ3v) is 7.12. The number of benzene rings is 2. The molecule has 3 heterocycles. The topological polar surface area (TPSA) is 70.2 Å². The summed E-state index contributed by atoms with van der Waals surface area (Å²) in [6, 6.07) is 12.6. The number of amides is 1. The molecule has 0 spiro atoms. The predicted molar refractivity (Wildman–Crippen MR) is 131 cm³/mol. The highest BCUT2D eigenvalue weighted by atomic mass is 16.5. The number of carbonyl (C=O) groups is 1. The van der Waals surface area contributed by atoms with Gasteiger partial charge >= 0.3 is 0 Å². The predicted octanol–water partition coefficient (Wildman–Crippen LogP) is 4.79. The zero-order valence-corrected chi connectivity index (χ0v) is 19.9. The van der Waals surface area contributed by atoms with Gasteiger partial charge in [0, 0.05) is 61.1 Å². The molecule has 6 nitrogen and oxygen atoms in total. The van der Waals surface area contributed by atoms with Crippen LogP contribution in [0, 0.1) is 20.8 Å². The molecule has 3 aromatic rings. The summed E-state index contributed by atoms with van der Waals surface area (Å²) in [7, 11) is 1.92. The molecule has 1 amide bonds. The van der Waals surface area contributed by atoms with Gasteiger partial charge in [-0.15, -0.1) is 0 Å². The zero-order chi connectivity index (χ0) is 23.1. The van der Waals surface area contributed by atoms with E-state index in [1.165, 1.54) is 5.56 Å². The third-order valence-electron chi connectivity index (χ3n) is 7.12. The van der Waals surface area contributed by atoms with Gasteiger partial charge in [-0.3, -0.25) is 4.79 Å². The summed E-state index contributed by atoms with van der Waals surface area (Å²) < 4.78 is 5.54. The molecule has 33 heavy (non-hydrogen) atoms. The highest BCUT2D eigenvalue weighted by molar-refractivity contribution is 5.98. The first-order valence-electron chi connectivity index (χ1n) is 11.8. The lowest BCUT2D eigenvalue weighted by atomic mass is 9.89. The van der Waals surface area contributed by atoms with Crippen molar-refractivity contribution < 1.29 is 9.53 Å². The molecular weight excluding hydrogens is 412 g/mol. The SMILES string of the molecule is CNc1ccc(C2CN(C(=O)c3cc(-c4nc(C5CCOC5)[nH]c4C)c(C)cc3C)C2)cc1. The van der Waals surface area contributed by atoms with Crippen LogP contribution in [0.5, 0.6) is 0 Å². The number of nitrogens with zero attached hydrogens (tertiary/aromatic N) is 2. The van der Waals surface area contributed by atoms with Gasteiger partial charge in [0.05, 0.1) is 12.3 Å². The van der Waals surface area contributed by atoms with Crippen LogP contribution in [0.4, 0.5) is 5.69 Å². The van der Waals surface area contributed by atoms with Crippen molar-refractivity contribution in [3.8, 4) is 11.3 Å². The molecule has 1 unspecified atom stereocenters. The van der Waals surface area contributed by atoms with Gasteiger partial charge in [0.25, 0.3) is 5.91 Å². The van der Waals surface area contributed by atoms with Crippen molar-refractivity contribution in [1.29, 1.82) is 0 Å². The minimum Gasteiger partial charge on any atom is -0.388 e. The lowest BCUT2D eigenvalue weighted by molar-refractivity contribution is 0.0601. The summed E-state index contributed by atoms with van der Waals surface area (Å²) in [4.78, 5) is 23.7. The lowest BCUT2D eigenvalue weighted by Gasteiger charge is -2.40. The van der Waals surface area contributed by atoms with Gasteiger partial charge in [0.15, 0.2) is 0 Å². The van der Waals surface area contributed by atoms with Crippen molar-refractivity contribution in [2.75, 3.05) is 38.7 Å². The fourth-order valence-electron chi connectivity index (χ4n) is 4.97. The van der Waals surface area contributed by atoms with Crippen molar-refractivity contribution in [3.63, 3.8) is 0 Å². The molecule has 172 valence electrons. The molecule has 6 heteroatoms. The number of H-pyrrole nitrogens is 1. The number of aromatic nitrogens is 2. The van der Waals surface area contributed by atoms with Crippen LogP contribution in [0.1, 0.15) is 56.8 Å². The van der Waals surface area contributed by atoms with E-state index in [1.807, 2.05) is 24.9 Å². The van der Waals surface area contributed by atoms with Crippen LogP contribution in [0.15, 0.2) is 36.4 Å². The Hall–Kier alpha value is -3.12. The Balaban J connectivity index is 1.36. The molecule has 0 aliphatic carbocycles. The van der Waals surface area contributed by atoms with Gasteiger partial charge in [0.1, 0.15) is 5.82 Å². The number of imidazole rings is 1. The summed E-state index contributed by atoms with van der Waals surface area (Å²) in [5, 5.41) is 3.15. The van der Waals surface area contributed by atoms with E-state index in [2.05, 4.69) is 54.5 Å². The van der Waals surface area contributed by atoms with E-state index in [9.17, 15) is 4.79 Å². The first kappa shape index (κ1) is 21.7.